The van der Waals surface area contributed by atoms with Crippen molar-refractivity contribution in [2.45, 2.75) is 44.9 Å². The second kappa shape index (κ2) is 3.84. The summed E-state index contributed by atoms with van der Waals surface area (Å²) in [5.41, 5.74) is 7.48. The maximum Gasteiger partial charge on any atom is 0.255 e. The third-order valence-electron chi connectivity index (χ3n) is 5.75. The fourth-order valence-corrected chi connectivity index (χ4v) is 5.26. The van der Waals surface area contributed by atoms with Crippen molar-refractivity contribution in [3.05, 3.63) is 21.6 Å². The predicted molar refractivity (Wildman–Crippen MR) is 73.8 cm³/mol. The van der Waals surface area contributed by atoms with Gasteiger partial charge in [0.15, 0.2) is 0 Å². The number of anilines is 1. The SMILES string of the molecule is Cc1c(C2C3CC4CC(C3)CC2C4)nc(N)[nH]c1=O. The van der Waals surface area contributed by atoms with E-state index in [9.17, 15) is 4.79 Å². The van der Waals surface area contributed by atoms with Gasteiger partial charge in [0, 0.05) is 11.5 Å². The van der Waals surface area contributed by atoms with Crippen LogP contribution in [-0.4, -0.2) is 9.97 Å². The van der Waals surface area contributed by atoms with Gasteiger partial charge in [0.2, 0.25) is 5.95 Å². The Morgan fingerprint density at radius 1 is 1.11 bits per heavy atom. The zero-order valence-electron chi connectivity index (χ0n) is 11.4. The van der Waals surface area contributed by atoms with Crippen LogP contribution in [0.5, 0.6) is 0 Å². The van der Waals surface area contributed by atoms with Crippen molar-refractivity contribution in [2.24, 2.45) is 23.7 Å². The highest BCUT2D eigenvalue weighted by atomic mass is 16.1. The Hall–Kier alpha value is -1.32. The third kappa shape index (κ3) is 1.65. The molecule has 3 N–H and O–H groups in total. The first kappa shape index (κ1) is 11.5. The number of aromatic nitrogens is 2. The van der Waals surface area contributed by atoms with E-state index in [2.05, 4.69) is 9.97 Å². The number of nitrogen functional groups attached to an aromatic ring is 1. The molecule has 0 aromatic carbocycles. The van der Waals surface area contributed by atoms with E-state index in [1.165, 1.54) is 32.1 Å². The monoisotopic (exact) mass is 259 g/mol. The Morgan fingerprint density at radius 2 is 1.68 bits per heavy atom. The molecular weight excluding hydrogens is 238 g/mol. The lowest BCUT2D eigenvalue weighted by Gasteiger charge is -2.54. The van der Waals surface area contributed by atoms with Gasteiger partial charge in [0.25, 0.3) is 5.56 Å². The molecule has 1 aromatic heterocycles. The van der Waals surface area contributed by atoms with E-state index in [0.29, 0.717) is 5.92 Å². The van der Waals surface area contributed by atoms with Crippen LogP contribution in [0.25, 0.3) is 0 Å². The van der Waals surface area contributed by atoms with E-state index in [1.807, 2.05) is 6.92 Å². The smallest absolute Gasteiger partial charge is 0.255 e. The largest absolute Gasteiger partial charge is 0.369 e. The molecule has 4 heteroatoms. The zero-order valence-corrected chi connectivity index (χ0v) is 11.4. The Labute approximate surface area is 112 Å². The molecule has 0 atom stereocenters. The molecule has 4 bridgehead atoms. The summed E-state index contributed by atoms with van der Waals surface area (Å²) >= 11 is 0. The van der Waals surface area contributed by atoms with Gasteiger partial charge >= 0.3 is 0 Å². The molecule has 0 aliphatic heterocycles. The van der Waals surface area contributed by atoms with E-state index in [1.54, 1.807) is 0 Å². The molecule has 102 valence electrons. The van der Waals surface area contributed by atoms with Gasteiger partial charge in [-0.2, -0.15) is 0 Å². The van der Waals surface area contributed by atoms with Gasteiger partial charge in [-0.25, -0.2) is 4.98 Å². The van der Waals surface area contributed by atoms with Gasteiger partial charge in [-0.3, -0.25) is 9.78 Å². The van der Waals surface area contributed by atoms with E-state index >= 15 is 0 Å². The maximum atomic E-state index is 11.9. The van der Waals surface area contributed by atoms with E-state index in [4.69, 9.17) is 5.73 Å². The molecule has 1 heterocycles. The molecule has 0 saturated heterocycles. The lowest BCUT2D eigenvalue weighted by molar-refractivity contribution is -0.00439. The van der Waals surface area contributed by atoms with Crippen LogP contribution in [0.2, 0.25) is 0 Å². The minimum Gasteiger partial charge on any atom is -0.369 e. The Balaban J connectivity index is 1.79. The van der Waals surface area contributed by atoms with Crippen LogP contribution in [-0.2, 0) is 0 Å². The molecule has 4 fully saturated rings. The summed E-state index contributed by atoms with van der Waals surface area (Å²) in [6, 6.07) is 0. The zero-order chi connectivity index (χ0) is 13.1. The fraction of sp³-hybridized carbons (Fsp3) is 0.733. The molecular formula is C15H21N3O. The van der Waals surface area contributed by atoms with Crippen molar-refractivity contribution in [1.82, 2.24) is 9.97 Å². The van der Waals surface area contributed by atoms with Gasteiger partial charge in [-0.1, -0.05) is 0 Å². The number of H-pyrrole nitrogens is 1. The Bertz CT molecular complexity index is 549. The summed E-state index contributed by atoms with van der Waals surface area (Å²) in [7, 11) is 0. The number of nitrogens with one attached hydrogen (secondary N) is 1. The van der Waals surface area contributed by atoms with Crippen LogP contribution < -0.4 is 11.3 Å². The minimum atomic E-state index is -0.0590. The average Bonchev–Trinajstić information content (AvgIpc) is 2.33. The molecule has 5 rings (SSSR count). The highest BCUT2D eigenvalue weighted by Crippen LogP contribution is 2.59. The van der Waals surface area contributed by atoms with Gasteiger partial charge in [-0.15, -0.1) is 0 Å². The summed E-state index contributed by atoms with van der Waals surface area (Å²) in [5, 5.41) is 0. The molecule has 0 radical (unpaired) electrons. The molecule has 19 heavy (non-hydrogen) atoms. The number of hydrogen-bond donors (Lipinski definition) is 2. The third-order valence-corrected chi connectivity index (χ3v) is 5.75. The van der Waals surface area contributed by atoms with Crippen LogP contribution in [0.1, 0.15) is 49.3 Å². The van der Waals surface area contributed by atoms with Crippen molar-refractivity contribution >= 4 is 5.95 Å². The van der Waals surface area contributed by atoms with Crippen LogP contribution in [0.15, 0.2) is 4.79 Å². The molecule has 4 nitrogen and oxygen atoms in total. The molecule has 0 unspecified atom stereocenters. The Kier molecular flexibility index (Phi) is 2.32. The van der Waals surface area contributed by atoms with Crippen molar-refractivity contribution in [3.8, 4) is 0 Å². The highest BCUT2D eigenvalue weighted by Gasteiger charge is 2.49. The van der Waals surface area contributed by atoms with Crippen molar-refractivity contribution in [1.29, 1.82) is 0 Å². The quantitative estimate of drug-likeness (QED) is 0.812. The number of nitrogens with two attached hydrogens (primary N) is 1. The van der Waals surface area contributed by atoms with Crippen LogP contribution in [0.3, 0.4) is 0 Å². The Morgan fingerprint density at radius 3 is 2.26 bits per heavy atom. The molecule has 0 spiro atoms. The van der Waals surface area contributed by atoms with Gasteiger partial charge in [0.1, 0.15) is 0 Å². The van der Waals surface area contributed by atoms with Gasteiger partial charge in [0.05, 0.1) is 5.69 Å². The maximum absolute atomic E-state index is 11.9. The summed E-state index contributed by atoms with van der Waals surface area (Å²) in [5.74, 6) is 4.13. The van der Waals surface area contributed by atoms with E-state index in [0.717, 1.165) is 34.9 Å². The van der Waals surface area contributed by atoms with Crippen LogP contribution in [0, 0.1) is 30.6 Å². The standard InChI is InChI=1S/C15H21N3O/c1-7-13(17-15(16)18-14(7)19)12-10-3-8-2-9(5-10)6-11(12)4-8/h8-12H,2-6H2,1H3,(H3,16,17,18,19). The minimum absolute atomic E-state index is 0.0590. The molecule has 4 aliphatic rings. The van der Waals surface area contributed by atoms with Gasteiger partial charge in [-0.05, 0) is 62.7 Å². The van der Waals surface area contributed by atoms with E-state index < -0.39 is 0 Å². The first-order valence-corrected chi connectivity index (χ1v) is 7.48. The second-order valence-electron chi connectivity index (χ2n) is 6.92. The predicted octanol–water partition coefficient (Wildman–Crippen LogP) is 2.20. The summed E-state index contributed by atoms with van der Waals surface area (Å²) < 4.78 is 0. The van der Waals surface area contributed by atoms with E-state index in [-0.39, 0.29) is 11.5 Å². The van der Waals surface area contributed by atoms with Crippen LogP contribution >= 0.6 is 0 Å². The summed E-state index contributed by atoms with van der Waals surface area (Å²) in [6.45, 7) is 1.89. The topological polar surface area (TPSA) is 71.8 Å². The van der Waals surface area contributed by atoms with Crippen molar-refractivity contribution in [2.75, 3.05) is 5.73 Å². The molecule has 1 aromatic rings. The number of nitrogens with zero attached hydrogens (tertiary/aromatic N) is 1. The highest BCUT2D eigenvalue weighted by molar-refractivity contribution is 5.29. The lowest BCUT2D eigenvalue weighted by atomic mass is 9.51. The molecule has 4 saturated carbocycles. The molecule has 4 aliphatic carbocycles. The summed E-state index contributed by atoms with van der Waals surface area (Å²) in [4.78, 5) is 19.0. The van der Waals surface area contributed by atoms with Crippen molar-refractivity contribution < 1.29 is 0 Å². The summed E-state index contributed by atoms with van der Waals surface area (Å²) in [6.07, 6.45) is 6.80. The lowest BCUT2D eigenvalue weighted by Crippen LogP contribution is -2.44. The molecule has 0 amide bonds. The second-order valence-corrected chi connectivity index (χ2v) is 6.92. The fourth-order valence-electron chi connectivity index (χ4n) is 5.26. The number of rotatable bonds is 1. The normalized spacial score (nSPS) is 39.7. The number of aromatic amines is 1. The van der Waals surface area contributed by atoms with Crippen molar-refractivity contribution in [3.63, 3.8) is 0 Å². The number of hydrogen-bond acceptors (Lipinski definition) is 3. The first-order chi connectivity index (χ1) is 9.11. The average molecular weight is 259 g/mol. The first-order valence-electron chi connectivity index (χ1n) is 7.48. The van der Waals surface area contributed by atoms with Gasteiger partial charge < -0.3 is 5.73 Å². The van der Waals surface area contributed by atoms with Crippen LogP contribution in [0.4, 0.5) is 5.95 Å².